The van der Waals surface area contributed by atoms with Crippen molar-refractivity contribution in [2.75, 3.05) is 0 Å². The van der Waals surface area contributed by atoms with Gasteiger partial charge >= 0.3 is 0 Å². The molecule has 1 N–H and O–H groups in total. The van der Waals surface area contributed by atoms with E-state index >= 15 is 0 Å². The van der Waals surface area contributed by atoms with Crippen LogP contribution in [-0.4, -0.2) is 20.1 Å². The Balaban J connectivity index is 2.42. The smallest absolute Gasteiger partial charge is 0.154 e. The highest BCUT2D eigenvalue weighted by atomic mass is 79.9. The van der Waals surface area contributed by atoms with Gasteiger partial charge in [0.15, 0.2) is 4.60 Å². The molecule has 1 unspecified atom stereocenters. The third kappa shape index (κ3) is 1.40. The zero-order valence-electron chi connectivity index (χ0n) is 7.66. The second kappa shape index (κ2) is 2.78. The number of aromatic nitrogens is 3. The van der Waals surface area contributed by atoms with Crippen LogP contribution in [0.5, 0.6) is 0 Å². The van der Waals surface area contributed by atoms with E-state index in [1.807, 2.05) is 6.92 Å². The van der Waals surface area contributed by atoms with Crippen molar-refractivity contribution >= 4 is 15.9 Å². The molecule has 13 heavy (non-hydrogen) atoms. The van der Waals surface area contributed by atoms with Crippen LogP contribution in [0.15, 0.2) is 4.60 Å². The van der Waals surface area contributed by atoms with Crippen LogP contribution in [0.25, 0.3) is 0 Å². The number of hydrogen-bond donors (Lipinski definition) is 1. The van der Waals surface area contributed by atoms with E-state index in [0.717, 1.165) is 18.5 Å². The summed E-state index contributed by atoms with van der Waals surface area (Å²) < 4.78 is 2.27. The van der Waals surface area contributed by atoms with Gasteiger partial charge in [-0.3, -0.25) is 0 Å². The molecule has 1 atom stereocenters. The van der Waals surface area contributed by atoms with Crippen molar-refractivity contribution < 1.29 is 5.11 Å². The van der Waals surface area contributed by atoms with Gasteiger partial charge in [-0.05, 0) is 41.6 Å². The van der Waals surface area contributed by atoms with E-state index in [-0.39, 0.29) is 0 Å². The highest BCUT2D eigenvalue weighted by molar-refractivity contribution is 9.10. The summed E-state index contributed by atoms with van der Waals surface area (Å²) in [4.78, 5) is 0. The Bertz CT molecular complexity index is 311. The van der Waals surface area contributed by atoms with Crippen molar-refractivity contribution in [3.8, 4) is 0 Å². The Labute approximate surface area is 85.1 Å². The second-order valence-electron chi connectivity index (χ2n) is 3.77. The molecule has 1 heterocycles. The number of rotatable bonds is 2. The van der Waals surface area contributed by atoms with E-state index in [1.165, 1.54) is 0 Å². The predicted octanol–water partition coefficient (Wildman–Crippen LogP) is 1.20. The fourth-order valence-electron chi connectivity index (χ4n) is 1.71. The lowest BCUT2D eigenvalue weighted by atomic mass is 9.97. The zero-order valence-corrected chi connectivity index (χ0v) is 9.24. The fraction of sp³-hybridized carbons (Fsp3) is 0.750. The molecule has 0 aromatic carbocycles. The molecule has 72 valence electrons. The van der Waals surface area contributed by atoms with Crippen LogP contribution in [0.2, 0.25) is 0 Å². The molecule has 5 heteroatoms. The molecule has 2 rings (SSSR count). The molecule has 4 nitrogen and oxygen atoms in total. The first-order valence-electron chi connectivity index (χ1n) is 4.31. The highest BCUT2D eigenvalue weighted by Crippen LogP contribution is 2.46. The lowest BCUT2D eigenvalue weighted by molar-refractivity contribution is 0.0241. The van der Waals surface area contributed by atoms with Crippen LogP contribution >= 0.6 is 15.9 Å². The van der Waals surface area contributed by atoms with Crippen LogP contribution in [0.1, 0.15) is 25.5 Å². The highest BCUT2D eigenvalue weighted by Gasteiger charge is 2.44. The summed E-state index contributed by atoms with van der Waals surface area (Å²) in [5, 5.41) is 18.0. The third-order valence-corrected chi connectivity index (χ3v) is 3.17. The summed E-state index contributed by atoms with van der Waals surface area (Å²) >= 11 is 3.29. The summed E-state index contributed by atoms with van der Waals surface area (Å²) in [6.45, 7) is 1.83. The maximum atomic E-state index is 10.2. The average Bonchev–Trinajstić information content (AvgIpc) is 2.79. The van der Waals surface area contributed by atoms with E-state index in [0.29, 0.717) is 10.5 Å². The minimum atomic E-state index is -0.795. The van der Waals surface area contributed by atoms with Gasteiger partial charge in [-0.15, -0.1) is 5.10 Å². The first kappa shape index (κ1) is 9.15. The first-order chi connectivity index (χ1) is 6.03. The largest absolute Gasteiger partial charge is 0.383 e. The van der Waals surface area contributed by atoms with Gasteiger partial charge in [0.2, 0.25) is 0 Å². The summed E-state index contributed by atoms with van der Waals surface area (Å²) in [6.07, 6.45) is 2.18. The zero-order chi connectivity index (χ0) is 9.64. The van der Waals surface area contributed by atoms with Crippen LogP contribution < -0.4 is 0 Å². The predicted molar refractivity (Wildman–Crippen MR) is 51.0 cm³/mol. The number of aliphatic hydroxyl groups is 1. The Hall–Kier alpha value is -0.420. The van der Waals surface area contributed by atoms with Crippen LogP contribution in [0.4, 0.5) is 0 Å². The molecule has 1 saturated carbocycles. The molecule has 0 bridgehead atoms. The molecule has 1 aromatic heterocycles. The van der Waals surface area contributed by atoms with Gasteiger partial charge in [0.25, 0.3) is 0 Å². The average molecular weight is 246 g/mol. The van der Waals surface area contributed by atoms with Crippen molar-refractivity contribution in [3.05, 3.63) is 10.3 Å². The van der Waals surface area contributed by atoms with Crippen molar-refractivity contribution in [1.29, 1.82) is 0 Å². The molecule has 1 fully saturated rings. The number of nitrogens with zero attached hydrogens (tertiary/aromatic N) is 3. The van der Waals surface area contributed by atoms with E-state index in [2.05, 4.69) is 26.2 Å². The molecule has 0 radical (unpaired) electrons. The molecular weight excluding hydrogens is 234 g/mol. The summed E-state index contributed by atoms with van der Waals surface area (Å²) in [5.41, 5.74) is -0.0214. The van der Waals surface area contributed by atoms with Gasteiger partial charge in [0, 0.05) is 7.05 Å². The molecule has 0 spiro atoms. The topological polar surface area (TPSA) is 50.9 Å². The standard InChI is InChI=1S/C8H12BrN3O/c1-8(13,5-3-4-5)6-7(9)10-11-12(6)2/h5,13H,3-4H2,1-2H3. The van der Waals surface area contributed by atoms with Gasteiger partial charge in [-0.2, -0.15) is 0 Å². The summed E-state index contributed by atoms with van der Waals surface area (Å²) in [7, 11) is 1.80. The molecule has 1 aromatic rings. The van der Waals surface area contributed by atoms with E-state index in [1.54, 1.807) is 11.7 Å². The van der Waals surface area contributed by atoms with Gasteiger partial charge in [-0.25, -0.2) is 4.68 Å². The van der Waals surface area contributed by atoms with E-state index < -0.39 is 5.60 Å². The Morgan fingerprint density at radius 1 is 1.62 bits per heavy atom. The van der Waals surface area contributed by atoms with E-state index in [4.69, 9.17) is 0 Å². The van der Waals surface area contributed by atoms with E-state index in [9.17, 15) is 5.11 Å². The fourth-order valence-corrected chi connectivity index (χ4v) is 2.44. The van der Waals surface area contributed by atoms with Gasteiger partial charge < -0.3 is 5.11 Å². The normalized spacial score (nSPS) is 21.5. The van der Waals surface area contributed by atoms with Crippen molar-refractivity contribution in [2.24, 2.45) is 13.0 Å². The summed E-state index contributed by atoms with van der Waals surface area (Å²) in [5.74, 6) is 0.362. The maximum absolute atomic E-state index is 10.2. The maximum Gasteiger partial charge on any atom is 0.154 e. The Morgan fingerprint density at radius 2 is 2.23 bits per heavy atom. The monoisotopic (exact) mass is 245 g/mol. The molecule has 0 aliphatic heterocycles. The second-order valence-corrected chi connectivity index (χ2v) is 4.53. The minimum Gasteiger partial charge on any atom is -0.383 e. The summed E-state index contributed by atoms with van der Waals surface area (Å²) in [6, 6.07) is 0. The molecule has 0 amide bonds. The lowest BCUT2D eigenvalue weighted by Gasteiger charge is -2.22. The Kier molecular flexibility index (Phi) is 1.96. The molecule has 1 aliphatic carbocycles. The Morgan fingerprint density at radius 3 is 2.62 bits per heavy atom. The van der Waals surface area contributed by atoms with Crippen molar-refractivity contribution in [2.45, 2.75) is 25.4 Å². The molecule has 0 saturated heterocycles. The van der Waals surface area contributed by atoms with Crippen LogP contribution in [-0.2, 0) is 12.6 Å². The molecule has 1 aliphatic rings. The first-order valence-corrected chi connectivity index (χ1v) is 5.11. The van der Waals surface area contributed by atoms with Crippen LogP contribution in [0.3, 0.4) is 0 Å². The third-order valence-electron chi connectivity index (χ3n) is 2.64. The quantitative estimate of drug-likeness (QED) is 0.852. The van der Waals surface area contributed by atoms with Gasteiger partial charge in [-0.1, -0.05) is 5.21 Å². The molecular formula is C8H12BrN3O. The van der Waals surface area contributed by atoms with Crippen LogP contribution in [0, 0.1) is 5.92 Å². The SMILES string of the molecule is Cn1nnc(Br)c1C(C)(O)C1CC1. The van der Waals surface area contributed by atoms with Crippen molar-refractivity contribution in [1.82, 2.24) is 15.0 Å². The van der Waals surface area contributed by atoms with Crippen molar-refractivity contribution in [3.63, 3.8) is 0 Å². The van der Waals surface area contributed by atoms with Gasteiger partial charge in [0.1, 0.15) is 11.3 Å². The number of aryl methyl sites for hydroxylation is 1. The number of halogens is 1. The lowest BCUT2D eigenvalue weighted by Crippen LogP contribution is -2.27. The van der Waals surface area contributed by atoms with Gasteiger partial charge in [0.05, 0.1) is 0 Å². The number of hydrogen-bond acceptors (Lipinski definition) is 3. The minimum absolute atomic E-state index is 0.362.